The number of nitrogens with zero attached hydrogens (tertiary/aromatic N) is 5. The van der Waals surface area contributed by atoms with E-state index >= 15 is 0 Å². The van der Waals surface area contributed by atoms with Crippen LogP contribution in [0.5, 0.6) is 0 Å². The molecule has 1 rings (SSSR count). The van der Waals surface area contributed by atoms with E-state index in [0.29, 0.717) is 0 Å². The lowest BCUT2D eigenvalue weighted by molar-refractivity contribution is 0.0996. The maximum Gasteiger partial charge on any atom is 0.271 e. The minimum absolute atomic E-state index is 0.0957. The number of aromatic nitrogens is 2. The highest BCUT2D eigenvalue weighted by molar-refractivity contribution is 6.31. The van der Waals surface area contributed by atoms with Crippen LogP contribution in [0.25, 0.3) is 10.4 Å². The van der Waals surface area contributed by atoms with Crippen LogP contribution in [-0.4, -0.2) is 15.9 Å². The quantitative estimate of drug-likeness (QED) is 0.402. The summed E-state index contributed by atoms with van der Waals surface area (Å²) in [6.07, 6.45) is 0. The molecular weight excluding hydrogens is 210 g/mol. The van der Waals surface area contributed by atoms with Gasteiger partial charge in [-0.25, -0.2) is 9.97 Å². The number of carbonyl (C=O) groups excluding carboxylic acids is 1. The highest BCUT2D eigenvalue weighted by Crippen LogP contribution is 2.17. The van der Waals surface area contributed by atoms with Crippen LogP contribution in [0, 0.1) is 0 Å². The molecule has 72 valence electrons. The normalized spacial score (nSPS) is 9.21. The first-order chi connectivity index (χ1) is 6.56. The van der Waals surface area contributed by atoms with Gasteiger partial charge in [-0.2, -0.15) is 0 Å². The molecule has 1 amide bonds. The Morgan fingerprint density at radius 2 is 2.07 bits per heavy atom. The van der Waals surface area contributed by atoms with E-state index in [1.54, 1.807) is 0 Å². The summed E-state index contributed by atoms with van der Waals surface area (Å²) in [4.78, 5) is 20.4. The summed E-state index contributed by atoms with van der Waals surface area (Å²) in [5.74, 6) is -1.29. The van der Waals surface area contributed by atoms with Crippen LogP contribution in [0.3, 0.4) is 0 Å². The molecule has 1 heterocycles. The fourth-order valence-corrected chi connectivity index (χ4v) is 0.814. The van der Waals surface area contributed by atoms with Crippen molar-refractivity contribution in [1.82, 2.24) is 9.97 Å². The molecule has 0 bridgehead atoms. The minimum atomic E-state index is -0.959. The zero-order valence-electron chi connectivity index (χ0n) is 6.68. The molecule has 0 radical (unpaired) electrons. The fourth-order valence-electron chi connectivity index (χ4n) is 0.687. The van der Waals surface area contributed by atoms with Crippen molar-refractivity contribution in [2.75, 3.05) is 11.5 Å². The van der Waals surface area contributed by atoms with Crippen molar-refractivity contribution < 1.29 is 4.79 Å². The molecule has 0 aliphatic rings. The largest absolute Gasteiger partial charge is 0.382 e. The average molecular weight is 214 g/mol. The standard InChI is InChI=1S/C5H4ClN7O/c6-2-4(8)11-3(7)1(10-2)5(14)12-13-9/h(H4,7,8,11). The van der Waals surface area contributed by atoms with E-state index in [9.17, 15) is 4.79 Å². The topological polar surface area (TPSA) is 144 Å². The number of hydrogen-bond donors (Lipinski definition) is 2. The summed E-state index contributed by atoms with van der Waals surface area (Å²) in [6, 6.07) is 0. The van der Waals surface area contributed by atoms with E-state index < -0.39 is 5.91 Å². The molecule has 9 heteroatoms. The van der Waals surface area contributed by atoms with Crippen molar-refractivity contribution >= 4 is 29.1 Å². The number of azide groups is 1. The van der Waals surface area contributed by atoms with E-state index in [1.165, 1.54) is 0 Å². The molecule has 4 N–H and O–H groups in total. The molecule has 0 aromatic carbocycles. The molecule has 0 aliphatic heterocycles. The first-order valence-corrected chi connectivity index (χ1v) is 3.62. The van der Waals surface area contributed by atoms with Crippen LogP contribution in [0.4, 0.5) is 11.6 Å². The van der Waals surface area contributed by atoms with Crippen LogP contribution < -0.4 is 11.5 Å². The number of halogens is 1. The second-order valence-electron chi connectivity index (χ2n) is 2.13. The predicted octanol–water partition coefficient (Wildman–Crippen LogP) is 0.745. The van der Waals surface area contributed by atoms with Crippen molar-refractivity contribution in [1.29, 1.82) is 0 Å². The number of carbonyl (C=O) groups is 1. The van der Waals surface area contributed by atoms with Gasteiger partial charge >= 0.3 is 0 Å². The second-order valence-corrected chi connectivity index (χ2v) is 2.49. The van der Waals surface area contributed by atoms with Crippen LogP contribution in [-0.2, 0) is 0 Å². The van der Waals surface area contributed by atoms with Gasteiger partial charge < -0.3 is 11.5 Å². The molecule has 0 unspecified atom stereocenters. The number of hydrogen-bond acceptors (Lipinski definition) is 5. The van der Waals surface area contributed by atoms with Gasteiger partial charge in [-0.05, 0) is 10.6 Å². The third kappa shape index (κ3) is 1.82. The number of nitrogens with two attached hydrogens (primary N) is 2. The van der Waals surface area contributed by atoms with E-state index in [4.69, 9.17) is 28.6 Å². The Morgan fingerprint density at radius 1 is 1.43 bits per heavy atom. The van der Waals surface area contributed by atoms with E-state index in [0.717, 1.165) is 0 Å². The van der Waals surface area contributed by atoms with Gasteiger partial charge in [0.15, 0.2) is 22.5 Å². The summed E-state index contributed by atoms with van der Waals surface area (Å²) in [5, 5.41) is 2.62. The van der Waals surface area contributed by atoms with Gasteiger partial charge in [-0.3, -0.25) is 4.79 Å². The highest BCUT2D eigenvalue weighted by atomic mass is 35.5. The van der Waals surface area contributed by atoms with E-state index in [-0.39, 0.29) is 22.5 Å². The first-order valence-electron chi connectivity index (χ1n) is 3.24. The van der Waals surface area contributed by atoms with Gasteiger partial charge in [0.25, 0.3) is 5.91 Å². The van der Waals surface area contributed by atoms with E-state index in [1.807, 2.05) is 0 Å². The van der Waals surface area contributed by atoms with Gasteiger partial charge in [0.2, 0.25) is 0 Å². The van der Waals surface area contributed by atoms with Gasteiger partial charge in [0.1, 0.15) is 0 Å². The summed E-state index contributed by atoms with van der Waals surface area (Å²) < 4.78 is 0. The van der Waals surface area contributed by atoms with Crippen LogP contribution in [0.15, 0.2) is 5.11 Å². The summed E-state index contributed by atoms with van der Waals surface area (Å²) in [7, 11) is 0. The van der Waals surface area contributed by atoms with Gasteiger partial charge in [0.05, 0.1) is 0 Å². The molecule has 8 nitrogen and oxygen atoms in total. The number of rotatable bonds is 1. The zero-order valence-corrected chi connectivity index (χ0v) is 7.43. The average Bonchev–Trinajstić information content (AvgIpc) is 2.11. The molecular formula is C5H4ClN7O. The number of amides is 1. The first kappa shape index (κ1) is 10.0. The Bertz CT molecular complexity index is 438. The van der Waals surface area contributed by atoms with Crippen LogP contribution in [0.1, 0.15) is 10.5 Å². The Labute approximate surface area is 82.5 Å². The van der Waals surface area contributed by atoms with Crippen molar-refractivity contribution in [2.45, 2.75) is 0 Å². The Morgan fingerprint density at radius 3 is 2.64 bits per heavy atom. The lowest BCUT2D eigenvalue weighted by Crippen LogP contribution is -2.08. The molecule has 0 atom stereocenters. The molecule has 0 fully saturated rings. The molecule has 1 aromatic rings. The van der Waals surface area contributed by atoms with Gasteiger partial charge in [-0.15, -0.1) is 0 Å². The maximum atomic E-state index is 11.0. The summed E-state index contributed by atoms with van der Waals surface area (Å²) in [6.45, 7) is 0. The van der Waals surface area contributed by atoms with Crippen molar-refractivity contribution in [2.24, 2.45) is 5.11 Å². The van der Waals surface area contributed by atoms with Gasteiger partial charge in [-0.1, -0.05) is 11.6 Å². The molecule has 0 saturated heterocycles. The molecule has 0 saturated carbocycles. The number of nitrogen functional groups attached to an aromatic ring is 2. The zero-order chi connectivity index (χ0) is 10.7. The Kier molecular flexibility index (Phi) is 2.70. The van der Waals surface area contributed by atoms with Crippen molar-refractivity contribution in [3.05, 3.63) is 21.3 Å². The van der Waals surface area contributed by atoms with Crippen LogP contribution in [0.2, 0.25) is 5.15 Å². The monoisotopic (exact) mass is 213 g/mol. The molecule has 0 spiro atoms. The molecule has 0 aliphatic carbocycles. The Balaban J connectivity index is 3.29. The lowest BCUT2D eigenvalue weighted by Gasteiger charge is -2.01. The smallest absolute Gasteiger partial charge is 0.271 e. The van der Waals surface area contributed by atoms with Crippen LogP contribution >= 0.6 is 11.6 Å². The second kappa shape index (κ2) is 3.77. The molecule has 1 aromatic heterocycles. The van der Waals surface area contributed by atoms with Gasteiger partial charge in [0, 0.05) is 4.91 Å². The van der Waals surface area contributed by atoms with E-state index in [2.05, 4.69) is 20.0 Å². The number of anilines is 2. The predicted molar refractivity (Wildman–Crippen MR) is 49.3 cm³/mol. The SMILES string of the molecule is [N-]=[N+]=NC(=O)c1nc(Cl)c(N)nc1N. The third-order valence-corrected chi connectivity index (χ3v) is 1.52. The third-order valence-electron chi connectivity index (χ3n) is 1.24. The minimum Gasteiger partial charge on any atom is -0.382 e. The summed E-state index contributed by atoms with van der Waals surface area (Å²) >= 11 is 5.49. The Hall–Kier alpha value is -2.05. The highest BCUT2D eigenvalue weighted by Gasteiger charge is 2.13. The maximum absolute atomic E-state index is 11.0. The molecule has 14 heavy (non-hydrogen) atoms. The summed E-state index contributed by atoms with van der Waals surface area (Å²) in [5.41, 5.74) is 18.3. The fraction of sp³-hybridized carbons (Fsp3) is 0. The van der Waals surface area contributed by atoms with Crippen molar-refractivity contribution in [3.63, 3.8) is 0 Å². The van der Waals surface area contributed by atoms with Crippen molar-refractivity contribution in [3.8, 4) is 0 Å². The lowest BCUT2D eigenvalue weighted by atomic mass is 10.4.